The summed E-state index contributed by atoms with van der Waals surface area (Å²) in [4.78, 5) is 7.75. The Labute approximate surface area is 96.8 Å². The molecule has 1 atom stereocenters. The Morgan fingerprint density at radius 1 is 1.62 bits per heavy atom. The molecule has 1 aliphatic carbocycles. The molecule has 0 aliphatic heterocycles. The highest BCUT2D eigenvalue weighted by atomic mass is 16.5. The lowest BCUT2D eigenvalue weighted by atomic mass is 10.0. The number of hydrogen-bond donors (Lipinski definition) is 2. The zero-order chi connectivity index (χ0) is 11.6. The van der Waals surface area contributed by atoms with E-state index < -0.39 is 0 Å². The molecule has 0 radical (unpaired) electrons. The second-order valence-electron chi connectivity index (χ2n) is 4.70. The van der Waals surface area contributed by atoms with Gasteiger partial charge < -0.3 is 15.0 Å². The van der Waals surface area contributed by atoms with Crippen LogP contribution in [0.25, 0.3) is 0 Å². The number of nitrogens with zero attached hydrogens (tertiary/aromatic N) is 1. The van der Waals surface area contributed by atoms with Crippen LogP contribution in [0.15, 0.2) is 6.20 Å². The van der Waals surface area contributed by atoms with Gasteiger partial charge in [-0.25, -0.2) is 4.98 Å². The van der Waals surface area contributed by atoms with Gasteiger partial charge in [-0.1, -0.05) is 6.92 Å². The first-order chi connectivity index (χ1) is 7.68. The molecule has 4 nitrogen and oxygen atoms in total. The van der Waals surface area contributed by atoms with Crippen molar-refractivity contribution in [1.82, 2.24) is 15.3 Å². The van der Waals surface area contributed by atoms with Crippen molar-refractivity contribution in [1.29, 1.82) is 0 Å². The monoisotopic (exact) mass is 223 g/mol. The first-order valence-corrected chi connectivity index (χ1v) is 6.01. The predicted molar refractivity (Wildman–Crippen MR) is 63.1 cm³/mol. The lowest BCUT2D eigenvalue weighted by Gasteiger charge is -2.23. The van der Waals surface area contributed by atoms with E-state index in [0.717, 1.165) is 30.5 Å². The molecule has 2 rings (SSSR count). The summed E-state index contributed by atoms with van der Waals surface area (Å²) in [7, 11) is 1.73. The van der Waals surface area contributed by atoms with Crippen molar-refractivity contribution in [3.8, 4) is 0 Å². The van der Waals surface area contributed by atoms with Crippen LogP contribution in [0, 0.1) is 0 Å². The third-order valence-corrected chi connectivity index (χ3v) is 3.41. The molecular formula is C12H21N3O. The van der Waals surface area contributed by atoms with Gasteiger partial charge in [0.05, 0.1) is 0 Å². The van der Waals surface area contributed by atoms with Crippen molar-refractivity contribution in [2.75, 3.05) is 7.11 Å². The van der Waals surface area contributed by atoms with E-state index in [0.29, 0.717) is 0 Å². The molecular weight excluding hydrogens is 202 g/mol. The molecule has 0 bridgehead atoms. The Balaban J connectivity index is 1.99. The second kappa shape index (κ2) is 4.55. The fourth-order valence-corrected chi connectivity index (χ4v) is 1.67. The normalized spacial score (nSPS) is 19.7. The lowest BCUT2D eigenvalue weighted by molar-refractivity contribution is -0.00837. The lowest BCUT2D eigenvalue weighted by Crippen LogP contribution is -2.25. The molecule has 1 aromatic rings. The van der Waals surface area contributed by atoms with Crippen LogP contribution < -0.4 is 5.32 Å². The van der Waals surface area contributed by atoms with Gasteiger partial charge in [-0.05, 0) is 26.2 Å². The summed E-state index contributed by atoms with van der Waals surface area (Å²) < 4.78 is 5.51. The average molecular weight is 223 g/mol. The SMILES string of the molecule is CCC(C)(OC)c1ncc(CNC2CC2)[nH]1. The van der Waals surface area contributed by atoms with Gasteiger partial charge in [0.2, 0.25) is 0 Å². The minimum atomic E-state index is -0.294. The molecule has 1 saturated carbocycles. The van der Waals surface area contributed by atoms with Gasteiger partial charge in [0.15, 0.2) is 0 Å². The van der Waals surface area contributed by atoms with Crippen LogP contribution in [0.4, 0.5) is 0 Å². The van der Waals surface area contributed by atoms with E-state index in [1.807, 2.05) is 6.20 Å². The van der Waals surface area contributed by atoms with Gasteiger partial charge in [-0.2, -0.15) is 0 Å². The molecule has 0 amide bonds. The Kier molecular flexibility index (Phi) is 3.30. The van der Waals surface area contributed by atoms with Crippen LogP contribution in [0.5, 0.6) is 0 Å². The van der Waals surface area contributed by atoms with Gasteiger partial charge in [0.25, 0.3) is 0 Å². The van der Waals surface area contributed by atoms with Crippen LogP contribution in [-0.2, 0) is 16.9 Å². The van der Waals surface area contributed by atoms with Gasteiger partial charge in [0.1, 0.15) is 11.4 Å². The van der Waals surface area contributed by atoms with E-state index in [-0.39, 0.29) is 5.60 Å². The summed E-state index contributed by atoms with van der Waals surface area (Å²) in [6, 6.07) is 0.728. The molecule has 1 aliphatic rings. The molecule has 0 spiro atoms. The van der Waals surface area contributed by atoms with E-state index in [1.165, 1.54) is 12.8 Å². The summed E-state index contributed by atoms with van der Waals surface area (Å²) in [5.74, 6) is 0.921. The Morgan fingerprint density at radius 2 is 2.38 bits per heavy atom. The third-order valence-electron chi connectivity index (χ3n) is 3.41. The topological polar surface area (TPSA) is 49.9 Å². The standard InChI is InChI=1S/C12H21N3O/c1-4-12(2,16-3)11-14-8-10(15-11)7-13-9-5-6-9/h8-9,13H,4-7H2,1-3H3,(H,14,15). The van der Waals surface area contributed by atoms with E-state index in [9.17, 15) is 0 Å². The van der Waals surface area contributed by atoms with E-state index in [1.54, 1.807) is 7.11 Å². The van der Waals surface area contributed by atoms with Crippen molar-refractivity contribution < 1.29 is 4.74 Å². The van der Waals surface area contributed by atoms with Gasteiger partial charge in [-0.15, -0.1) is 0 Å². The van der Waals surface area contributed by atoms with Gasteiger partial charge in [-0.3, -0.25) is 0 Å². The molecule has 1 aromatic heterocycles. The smallest absolute Gasteiger partial charge is 0.138 e. The van der Waals surface area contributed by atoms with Crippen molar-refractivity contribution >= 4 is 0 Å². The zero-order valence-electron chi connectivity index (χ0n) is 10.3. The molecule has 1 unspecified atom stereocenters. The zero-order valence-corrected chi connectivity index (χ0v) is 10.3. The van der Waals surface area contributed by atoms with Crippen LogP contribution in [0.3, 0.4) is 0 Å². The highest BCUT2D eigenvalue weighted by molar-refractivity contribution is 5.08. The highest BCUT2D eigenvalue weighted by Crippen LogP contribution is 2.25. The third kappa shape index (κ3) is 2.44. The van der Waals surface area contributed by atoms with Gasteiger partial charge >= 0.3 is 0 Å². The minimum Gasteiger partial charge on any atom is -0.371 e. The maximum Gasteiger partial charge on any atom is 0.138 e. The molecule has 0 saturated heterocycles. The van der Waals surface area contributed by atoms with Gasteiger partial charge in [0, 0.05) is 31.6 Å². The summed E-state index contributed by atoms with van der Waals surface area (Å²) in [5.41, 5.74) is 0.844. The van der Waals surface area contributed by atoms with Crippen LogP contribution in [-0.4, -0.2) is 23.1 Å². The molecule has 2 N–H and O–H groups in total. The van der Waals surface area contributed by atoms with E-state index >= 15 is 0 Å². The quantitative estimate of drug-likeness (QED) is 0.774. The highest BCUT2D eigenvalue weighted by Gasteiger charge is 2.27. The Bertz CT molecular complexity index is 340. The molecule has 90 valence electrons. The number of methoxy groups -OCH3 is 1. The number of rotatable bonds is 6. The molecule has 0 aromatic carbocycles. The van der Waals surface area contributed by atoms with Crippen molar-refractivity contribution in [3.05, 3.63) is 17.7 Å². The summed E-state index contributed by atoms with van der Waals surface area (Å²) in [5, 5.41) is 3.46. The van der Waals surface area contributed by atoms with Crippen molar-refractivity contribution in [2.45, 2.75) is 51.3 Å². The number of aromatic nitrogens is 2. The summed E-state index contributed by atoms with van der Waals surface area (Å²) >= 11 is 0. The van der Waals surface area contributed by atoms with Crippen molar-refractivity contribution in [3.63, 3.8) is 0 Å². The minimum absolute atomic E-state index is 0.294. The molecule has 1 heterocycles. The van der Waals surface area contributed by atoms with Crippen LogP contribution >= 0.6 is 0 Å². The first kappa shape index (κ1) is 11.6. The average Bonchev–Trinajstić information content (AvgIpc) is 3.02. The first-order valence-electron chi connectivity index (χ1n) is 6.01. The second-order valence-corrected chi connectivity index (χ2v) is 4.70. The summed E-state index contributed by atoms with van der Waals surface area (Å²) in [6.45, 7) is 5.04. The Morgan fingerprint density at radius 3 is 2.94 bits per heavy atom. The summed E-state index contributed by atoms with van der Waals surface area (Å²) in [6.07, 6.45) is 5.43. The fourth-order valence-electron chi connectivity index (χ4n) is 1.67. The number of imidazole rings is 1. The predicted octanol–water partition coefficient (Wildman–Crippen LogP) is 1.93. The molecule has 4 heteroatoms. The fraction of sp³-hybridized carbons (Fsp3) is 0.750. The molecule has 1 fully saturated rings. The van der Waals surface area contributed by atoms with Crippen LogP contribution in [0.2, 0.25) is 0 Å². The number of aromatic amines is 1. The largest absolute Gasteiger partial charge is 0.371 e. The number of nitrogens with one attached hydrogen (secondary N) is 2. The number of ether oxygens (including phenoxy) is 1. The Hall–Kier alpha value is -0.870. The van der Waals surface area contributed by atoms with Crippen molar-refractivity contribution in [2.24, 2.45) is 0 Å². The van der Waals surface area contributed by atoms with Crippen LogP contribution in [0.1, 0.15) is 44.6 Å². The molecule has 16 heavy (non-hydrogen) atoms. The number of H-pyrrole nitrogens is 1. The maximum atomic E-state index is 5.51. The van der Waals surface area contributed by atoms with E-state index in [2.05, 4.69) is 29.1 Å². The number of hydrogen-bond acceptors (Lipinski definition) is 3. The van der Waals surface area contributed by atoms with E-state index in [4.69, 9.17) is 4.74 Å². The maximum absolute atomic E-state index is 5.51.